The molecule has 0 aromatic carbocycles. The van der Waals surface area contributed by atoms with E-state index < -0.39 is 0 Å². The second-order valence-electron chi connectivity index (χ2n) is 4.84. The molecular weight excluding hydrogens is 285 g/mol. The Kier molecular flexibility index (Phi) is 7.34. The Balaban J connectivity index is 0.00000162. The van der Waals surface area contributed by atoms with Crippen LogP contribution in [-0.2, 0) is 4.79 Å². The van der Waals surface area contributed by atoms with Gasteiger partial charge in [0, 0.05) is 17.7 Å². The molecule has 1 heterocycles. The fraction of sp³-hybridized carbons (Fsp3) is 0.538. The standard InChI is InChI=1S/C13H19N3O.2ClH/c1-8-3-6-12(9(2)15-8)16-13(17)10-4-5-11(14)7-10;;/h3,6,10-11H,4-5,7,14H2,1-2H3,(H,16,17);2*1H. The summed E-state index contributed by atoms with van der Waals surface area (Å²) in [6, 6.07) is 4.00. The number of hydrogen-bond acceptors (Lipinski definition) is 3. The van der Waals surface area contributed by atoms with Crippen molar-refractivity contribution >= 4 is 36.4 Å². The quantitative estimate of drug-likeness (QED) is 0.882. The molecule has 1 aliphatic carbocycles. The van der Waals surface area contributed by atoms with Crippen molar-refractivity contribution in [3.8, 4) is 0 Å². The highest BCUT2D eigenvalue weighted by atomic mass is 35.5. The van der Waals surface area contributed by atoms with Crippen LogP contribution in [0.25, 0.3) is 0 Å². The molecule has 1 saturated carbocycles. The summed E-state index contributed by atoms with van der Waals surface area (Å²) in [5.41, 5.74) is 8.44. The number of aryl methyl sites for hydroxylation is 2. The first kappa shape index (κ1) is 18.2. The summed E-state index contributed by atoms with van der Waals surface area (Å²) in [7, 11) is 0. The van der Waals surface area contributed by atoms with Crippen molar-refractivity contribution in [3.63, 3.8) is 0 Å². The second kappa shape index (κ2) is 7.68. The van der Waals surface area contributed by atoms with Crippen molar-refractivity contribution < 1.29 is 4.79 Å². The lowest BCUT2D eigenvalue weighted by Crippen LogP contribution is -2.23. The van der Waals surface area contributed by atoms with Gasteiger partial charge in [0.2, 0.25) is 5.91 Å². The van der Waals surface area contributed by atoms with Crippen LogP contribution in [0.2, 0.25) is 0 Å². The van der Waals surface area contributed by atoms with Crippen LogP contribution >= 0.6 is 24.8 Å². The van der Waals surface area contributed by atoms with Gasteiger partial charge in [0.25, 0.3) is 0 Å². The molecule has 0 aliphatic heterocycles. The number of nitrogens with two attached hydrogens (primary N) is 1. The number of carbonyl (C=O) groups excluding carboxylic acids is 1. The molecule has 6 heteroatoms. The number of hydrogen-bond donors (Lipinski definition) is 2. The van der Waals surface area contributed by atoms with Gasteiger partial charge in [-0.3, -0.25) is 9.78 Å². The predicted molar refractivity (Wildman–Crippen MR) is 82.2 cm³/mol. The number of carbonyl (C=O) groups is 1. The molecule has 1 aromatic heterocycles. The van der Waals surface area contributed by atoms with Crippen molar-refractivity contribution in [2.45, 2.75) is 39.2 Å². The van der Waals surface area contributed by atoms with Gasteiger partial charge in [-0.25, -0.2) is 0 Å². The van der Waals surface area contributed by atoms with E-state index in [9.17, 15) is 4.79 Å². The highest BCUT2D eigenvalue weighted by Crippen LogP contribution is 2.25. The van der Waals surface area contributed by atoms with Gasteiger partial charge in [0.05, 0.1) is 11.4 Å². The highest BCUT2D eigenvalue weighted by molar-refractivity contribution is 5.93. The average Bonchev–Trinajstić information content (AvgIpc) is 2.69. The normalized spacial score (nSPS) is 21.2. The topological polar surface area (TPSA) is 68.0 Å². The molecule has 1 amide bonds. The number of nitrogens with one attached hydrogen (secondary N) is 1. The van der Waals surface area contributed by atoms with Gasteiger partial charge in [-0.2, -0.15) is 0 Å². The molecular formula is C13H21Cl2N3O. The molecule has 19 heavy (non-hydrogen) atoms. The maximum atomic E-state index is 12.0. The van der Waals surface area contributed by atoms with Crippen molar-refractivity contribution in [2.75, 3.05) is 5.32 Å². The molecule has 108 valence electrons. The van der Waals surface area contributed by atoms with Crippen molar-refractivity contribution in [3.05, 3.63) is 23.5 Å². The summed E-state index contributed by atoms with van der Waals surface area (Å²) in [6.07, 6.45) is 2.64. The minimum atomic E-state index is 0. The summed E-state index contributed by atoms with van der Waals surface area (Å²) in [4.78, 5) is 16.3. The molecule has 0 bridgehead atoms. The third kappa shape index (κ3) is 4.64. The van der Waals surface area contributed by atoms with E-state index in [0.717, 1.165) is 36.3 Å². The Labute approximate surface area is 126 Å². The second-order valence-corrected chi connectivity index (χ2v) is 4.84. The molecule has 0 spiro atoms. The summed E-state index contributed by atoms with van der Waals surface area (Å²) in [5, 5.41) is 2.94. The predicted octanol–water partition coefficient (Wildman–Crippen LogP) is 2.61. The van der Waals surface area contributed by atoms with Crippen LogP contribution in [0.1, 0.15) is 30.7 Å². The zero-order valence-corrected chi connectivity index (χ0v) is 12.8. The van der Waals surface area contributed by atoms with E-state index in [-0.39, 0.29) is 42.7 Å². The van der Waals surface area contributed by atoms with Crippen LogP contribution < -0.4 is 11.1 Å². The molecule has 1 aliphatic rings. The van der Waals surface area contributed by atoms with E-state index in [2.05, 4.69) is 10.3 Å². The van der Waals surface area contributed by atoms with Gasteiger partial charge in [-0.1, -0.05) is 0 Å². The fourth-order valence-electron chi connectivity index (χ4n) is 2.31. The third-order valence-corrected chi connectivity index (χ3v) is 3.33. The van der Waals surface area contributed by atoms with Gasteiger partial charge in [-0.15, -0.1) is 24.8 Å². The SMILES string of the molecule is Cc1ccc(NC(=O)C2CCC(N)C2)c(C)n1.Cl.Cl. The largest absolute Gasteiger partial charge is 0.328 e. The first-order valence-electron chi connectivity index (χ1n) is 6.07. The Hall–Kier alpha value is -0.840. The number of amides is 1. The maximum Gasteiger partial charge on any atom is 0.227 e. The molecule has 1 fully saturated rings. The molecule has 0 radical (unpaired) electrons. The van der Waals surface area contributed by atoms with E-state index in [4.69, 9.17) is 5.73 Å². The number of rotatable bonds is 2. The van der Waals surface area contributed by atoms with E-state index in [1.165, 1.54) is 0 Å². The summed E-state index contributed by atoms with van der Waals surface area (Å²) in [6.45, 7) is 3.84. The summed E-state index contributed by atoms with van der Waals surface area (Å²) < 4.78 is 0. The Bertz CT molecular complexity index is 440. The monoisotopic (exact) mass is 305 g/mol. The van der Waals surface area contributed by atoms with E-state index in [1.807, 2.05) is 26.0 Å². The number of pyridine rings is 1. The minimum absolute atomic E-state index is 0. The molecule has 4 nitrogen and oxygen atoms in total. The number of anilines is 1. The molecule has 1 aromatic rings. The van der Waals surface area contributed by atoms with Crippen LogP contribution in [0, 0.1) is 19.8 Å². The van der Waals surface area contributed by atoms with Gasteiger partial charge in [0.15, 0.2) is 0 Å². The van der Waals surface area contributed by atoms with Gasteiger partial charge in [-0.05, 0) is 45.2 Å². The molecule has 0 saturated heterocycles. The zero-order chi connectivity index (χ0) is 12.4. The Morgan fingerprint density at radius 1 is 1.32 bits per heavy atom. The minimum Gasteiger partial charge on any atom is -0.328 e. The van der Waals surface area contributed by atoms with Crippen LogP contribution in [0.5, 0.6) is 0 Å². The Morgan fingerprint density at radius 2 is 2.00 bits per heavy atom. The molecule has 2 atom stereocenters. The number of aromatic nitrogens is 1. The van der Waals surface area contributed by atoms with E-state index in [1.54, 1.807) is 0 Å². The highest BCUT2D eigenvalue weighted by Gasteiger charge is 2.27. The third-order valence-electron chi connectivity index (χ3n) is 3.33. The van der Waals surface area contributed by atoms with E-state index in [0.29, 0.717) is 0 Å². The van der Waals surface area contributed by atoms with Gasteiger partial charge < -0.3 is 11.1 Å². The van der Waals surface area contributed by atoms with Crippen LogP contribution in [0.15, 0.2) is 12.1 Å². The maximum absolute atomic E-state index is 12.0. The number of nitrogens with zero attached hydrogens (tertiary/aromatic N) is 1. The summed E-state index contributed by atoms with van der Waals surface area (Å²) in [5.74, 6) is 0.136. The molecule has 3 N–H and O–H groups in total. The van der Waals surface area contributed by atoms with Gasteiger partial charge >= 0.3 is 0 Å². The lowest BCUT2D eigenvalue weighted by atomic mass is 10.1. The average molecular weight is 306 g/mol. The van der Waals surface area contributed by atoms with Crippen LogP contribution in [-0.4, -0.2) is 16.9 Å². The van der Waals surface area contributed by atoms with Crippen LogP contribution in [0.3, 0.4) is 0 Å². The first-order valence-corrected chi connectivity index (χ1v) is 6.07. The Morgan fingerprint density at radius 3 is 2.53 bits per heavy atom. The van der Waals surface area contributed by atoms with Crippen molar-refractivity contribution in [1.29, 1.82) is 0 Å². The van der Waals surface area contributed by atoms with E-state index >= 15 is 0 Å². The lowest BCUT2D eigenvalue weighted by molar-refractivity contribution is -0.119. The fourth-order valence-corrected chi connectivity index (χ4v) is 2.31. The molecule has 2 rings (SSSR count). The smallest absolute Gasteiger partial charge is 0.227 e. The zero-order valence-electron chi connectivity index (χ0n) is 11.2. The lowest BCUT2D eigenvalue weighted by Gasteiger charge is -2.12. The van der Waals surface area contributed by atoms with Crippen LogP contribution in [0.4, 0.5) is 5.69 Å². The van der Waals surface area contributed by atoms with Gasteiger partial charge in [0.1, 0.15) is 0 Å². The first-order chi connectivity index (χ1) is 8.06. The van der Waals surface area contributed by atoms with Crippen molar-refractivity contribution in [1.82, 2.24) is 4.98 Å². The molecule has 2 unspecified atom stereocenters. The number of halogens is 2. The van der Waals surface area contributed by atoms with Crippen molar-refractivity contribution in [2.24, 2.45) is 11.7 Å². The summed E-state index contributed by atoms with van der Waals surface area (Å²) >= 11 is 0.